The zero-order chi connectivity index (χ0) is 13.2. The third kappa shape index (κ3) is 2.35. The number of carbonyl (C=O) groups excluding carboxylic acids is 1. The summed E-state index contributed by atoms with van der Waals surface area (Å²) in [6.07, 6.45) is 1.81. The second-order valence-corrected chi connectivity index (χ2v) is 5.51. The number of thiophene rings is 1. The van der Waals surface area contributed by atoms with Crippen LogP contribution in [0.5, 0.6) is 0 Å². The van der Waals surface area contributed by atoms with Gasteiger partial charge in [0.25, 0.3) is 0 Å². The first-order valence-corrected chi connectivity index (χ1v) is 6.78. The first kappa shape index (κ1) is 11.9. The first-order valence-electron chi connectivity index (χ1n) is 5.96. The maximum Gasteiger partial charge on any atom is 0.223 e. The quantitative estimate of drug-likeness (QED) is 0.682. The third-order valence-electron chi connectivity index (χ3n) is 2.81. The van der Waals surface area contributed by atoms with E-state index in [-0.39, 0.29) is 5.78 Å². The number of benzene rings is 1. The Morgan fingerprint density at radius 1 is 1.11 bits per heavy atom. The van der Waals surface area contributed by atoms with Crippen molar-refractivity contribution in [1.29, 1.82) is 0 Å². The van der Waals surface area contributed by atoms with Crippen LogP contribution in [0.15, 0.2) is 54.7 Å². The lowest BCUT2D eigenvalue weighted by atomic mass is 10.2. The lowest BCUT2D eigenvalue weighted by Gasteiger charge is -1.99. The number of carbonyl (C=O) groups is 1. The first-order chi connectivity index (χ1) is 9.24. The van der Waals surface area contributed by atoms with Crippen LogP contribution in [-0.4, -0.2) is 15.6 Å². The summed E-state index contributed by atoms with van der Waals surface area (Å²) in [5.74, 6) is -0.0206. The molecule has 0 aliphatic carbocycles. The number of hydrogen-bond acceptors (Lipinski definition) is 3. The molecule has 0 fully saturated rings. The molecule has 19 heavy (non-hydrogen) atoms. The number of ketones is 1. The number of hydrogen-bond donors (Lipinski definition) is 0. The SMILES string of the molecule is Cc1ccc(C(=O)c2ccn(-c3ccccc3)n2)s1. The maximum absolute atomic E-state index is 12.2. The molecule has 3 aromatic rings. The van der Waals surface area contributed by atoms with Crippen molar-refractivity contribution in [3.63, 3.8) is 0 Å². The Balaban J connectivity index is 1.92. The van der Waals surface area contributed by atoms with Gasteiger partial charge in [-0.25, -0.2) is 4.68 Å². The van der Waals surface area contributed by atoms with Crippen LogP contribution < -0.4 is 0 Å². The number of nitrogens with zero attached hydrogens (tertiary/aromatic N) is 2. The van der Waals surface area contributed by atoms with Gasteiger partial charge in [0.15, 0.2) is 0 Å². The summed E-state index contributed by atoms with van der Waals surface area (Å²) >= 11 is 1.50. The van der Waals surface area contributed by atoms with Gasteiger partial charge in [0.1, 0.15) is 5.69 Å². The van der Waals surface area contributed by atoms with Gasteiger partial charge in [-0.2, -0.15) is 5.10 Å². The van der Waals surface area contributed by atoms with Crippen LogP contribution in [0.4, 0.5) is 0 Å². The van der Waals surface area contributed by atoms with Crippen LogP contribution in [0.2, 0.25) is 0 Å². The number of aryl methyl sites for hydroxylation is 1. The van der Waals surface area contributed by atoms with Gasteiger partial charge >= 0.3 is 0 Å². The molecule has 0 saturated heterocycles. The van der Waals surface area contributed by atoms with E-state index in [1.807, 2.05) is 55.6 Å². The number of aromatic nitrogens is 2. The van der Waals surface area contributed by atoms with Gasteiger partial charge in [-0.3, -0.25) is 4.79 Å². The van der Waals surface area contributed by atoms with E-state index in [1.54, 1.807) is 10.7 Å². The second-order valence-electron chi connectivity index (χ2n) is 4.22. The monoisotopic (exact) mass is 268 g/mol. The molecular formula is C15H12N2OS. The van der Waals surface area contributed by atoms with Gasteiger partial charge in [-0.15, -0.1) is 11.3 Å². The van der Waals surface area contributed by atoms with E-state index in [0.29, 0.717) is 5.69 Å². The predicted molar refractivity (Wildman–Crippen MR) is 76.1 cm³/mol. The van der Waals surface area contributed by atoms with Gasteiger partial charge in [0.2, 0.25) is 5.78 Å². The zero-order valence-corrected chi connectivity index (χ0v) is 11.2. The summed E-state index contributed by atoms with van der Waals surface area (Å²) < 4.78 is 1.72. The van der Waals surface area contributed by atoms with E-state index < -0.39 is 0 Å². The van der Waals surface area contributed by atoms with Gasteiger partial charge in [0.05, 0.1) is 10.6 Å². The van der Waals surface area contributed by atoms with Gasteiger partial charge in [0, 0.05) is 11.1 Å². The predicted octanol–water partition coefficient (Wildman–Crippen LogP) is 3.47. The fourth-order valence-electron chi connectivity index (χ4n) is 1.85. The van der Waals surface area contributed by atoms with Crippen molar-refractivity contribution in [2.75, 3.05) is 0 Å². The molecule has 0 atom stereocenters. The Hall–Kier alpha value is -2.20. The molecule has 3 rings (SSSR count). The Morgan fingerprint density at radius 2 is 1.89 bits per heavy atom. The molecule has 2 aromatic heterocycles. The molecule has 3 nitrogen and oxygen atoms in total. The van der Waals surface area contributed by atoms with Crippen molar-refractivity contribution in [3.8, 4) is 5.69 Å². The van der Waals surface area contributed by atoms with Crippen molar-refractivity contribution < 1.29 is 4.79 Å². The van der Waals surface area contributed by atoms with E-state index in [1.165, 1.54) is 11.3 Å². The second kappa shape index (κ2) is 4.82. The van der Waals surface area contributed by atoms with E-state index >= 15 is 0 Å². The molecule has 0 aliphatic heterocycles. The third-order valence-corrected chi connectivity index (χ3v) is 3.81. The van der Waals surface area contributed by atoms with Crippen LogP contribution in [0.3, 0.4) is 0 Å². The standard InChI is InChI=1S/C15H12N2OS/c1-11-7-8-14(19-11)15(18)13-9-10-17(16-13)12-5-3-2-4-6-12/h2-10H,1H3. The fraction of sp³-hybridized carbons (Fsp3) is 0.0667. The summed E-state index contributed by atoms with van der Waals surface area (Å²) in [5.41, 5.74) is 1.43. The summed E-state index contributed by atoms with van der Waals surface area (Å²) in [6.45, 7) is 1.99. The Bertz CT molecular complexity index is 713. The minimum Gasteiger partial charge on any atom is -0.286 e. The Labute approximate surface area is 115 Å². The van der Waals surface area contributed by atoms with Crippen molar-refractivity contribution in [1.82, 2.24) is 9.78 Å². The van der Waals surface area contributed by atoms with E-state index in [4.69, 9.17) is 0 Å². The Kier molecular flexibility index (Phi) is 3.01. The topological polar surface area (TPSA) is 34.9 Å². The van der Waals surface area contributed by atoms with Crippen molar-refractivity contribution >= 4 is 17.1 Å². The summed E-state index contributed by atoms with van der Waals surface area (Å²) in [6, 6.07) is 15.3. The van der Waals surface area contributed by atoms with Gasteiger partial charge in [-0.1, -0.05) is 18.2 Å². The molecule has 0 N–H and O–H groups in total. The van der Waals surface area contributed by atoms with Crippen LogP contribution in [0, 0.1) is 6.92 Å². The minimum atomic E-state index is -0.0206. The highest BCUT2D eigenvalue weighted by Gasteiger charge is 2.14. The molecule has 94 valence electrons. The number of para-hydroxylation sites is 1. The van der Waals surface area contributed by atoms with E-state index in [9.17, 15) is 4.79 Å². The molecule has 0 radical (unpaired) electrons. The highest BCUT2D eigenvalue weighted by Crippen LogP contribution is 2.18. The molecule has 1 aromatic carbocycles. The van der Waals surface area contributed by atoms with Crippen molar-refractivity contribution in [3.05, 3.63) is 70.2 Å². The smallest absolute Gasteiger partial charge is 0.223 e. The Morgan fingerprint density at radius 3 is 2.58 bits per heavy atom. The minimum absolute atomic E-state index is 0.0206. The molecule has 0 saturated carbocycles. The summed E-state index contributed by atoms with van der Waals surface area (Å²) in [7, 11) is 0. The molecule has 2 heterocycles. The average Bonchev–Trinajstić information content (AvgIpc) is 3.08. The molecule has 0 aliphatic rings. The lowest BCUT2D eigenvalue weighted by molar-refractivity contribution is 0.103. The summed E-state index contributed by atoms with van der Waals surface area (Å²) in [5, 5.41) is 4.34. The number of rotatable bonds is 3. The zero-order valence-electron chi connectivity index (χ0n) is 10.4. The van der Waals surface area contributed by atoms with Crippen LogP contribution in [0.25, 0.3) is 5.69 Å². The molecule has 0 unspecified atom stereocenters. The molecule has 0 bridgehead atoms. The largest absolute Gasteiger partial charge is 0.286 e. The van der Waals surface area contributed by atoms with Crippen LogP contribution in [0.1, 0.15) is 20.2 Å². The van der Waals surface area contributed by atoms with Crippen LogP contribution >= 0.6 is 11.3 Å². The fourth-order valence-corrected chi connectivity index (χ4v) is 2.67. The lowest BCUT2D eigenvalue weighted by Crippen LogP contribution is -2.02. The normalized spacial score (nSPS) is 10.6. The summed E-state index contributed by atoms with van der Waals surface area (Å²) in [4.78, 5) is 14.1. The van der Waals surface area contributed by atoms with Crippen molar-refractivity contribution in [2.45, 2.75) is 6.92 Å². The van der Waals surface area contributed by atoms with Gasteiger partial charge < -0.3 is 0 Å². The molecule has 0 spiro atoms. The average molecular weight is 268 g/mol. The highest BCUT2D eigenvalue weighted by atomic mass is 32.1. The van der Waals surface area contributed by atoms with Gasteiger partial charge in [-0.05, 0) is 37.3 Å². The van der Waals surface area contributed by atoms with Crippen LogP contribution in [-0.2, 0) is 0 Å². The highest BCUT2D eigenvalue weighted by molar-refractivity contribution is 7.14. The maximum atomic E-state index is 12.2. The molecule has 4 heteroatoms. The van der Waals surface area contributed by atoms with E-state index in [0.717, 1.165) is 15.4 Å². The molecule has 0 amide bonds. The van der Waals surface area contributed by atoms with Crippen molar-refractivity contribution in [2.24, 2.45) is 0 Å². The molecular weight excluding hydrogens is 256 g/mol. The van der Waals surface area contributed by atoms with E-state index in [2.05, 4.69) is 5.10 Å².